The molecule has 1 aliphatic rings. The Morgan fingerprint density at radius 2 is 2.10 bits per heavy atom. The molecule has 5 rings (SSSR count). The van der Waals surface area contributed by atoms with Gasteiger partial charge in [0.05, 0.1) is 16.8 Å². The van der Waals surface area contributed by atoms with Crippen molar-refractivity contribution < 1.29 is 9.90 Å². The number of hydrogen-bond donors (Lipinski definition) is 1. The molecule has 1 aromatic carbocycles. The zero-order chi connectivity index (χ0) is 20.0. The van der Waals surface area contributed by atoms with Crippen LogP contribution in [0.5, 0.6) is 0 Å². The molecule has 0 bridgehead atoms. The summed E-state index contributed by atoms with van der Waals surface area (Å²) in [6.07, 6.45) is 4.64. The highest BCUT2D eigenvalue weighted by Gasteiger charge is 2.25. The number of pyridine rings is 2. The molecule has 4 heterocycles. The van der Waals surface area contributed by atoms with E-state index in [9.17, 15) is 9.90 Å². The molecule has 0 unspecified atom stereocenters. The number of benzene rings is 1. The van der Waals surface area contributed by atoms with Crippen LogP contribution < -0.4 is 0 Å². The summed E-state index contributed by atoms with van der Waals surface area (Å²) >= 11 is 0. The summed E-state index contributed by atoms with van der Waals surface area (Å²) in [4.78, 5) is 20.6. The number of rotatable bonds is 4. The lowest BCUT2D eigenvalue weighted by Crippen LogP contribution is -1.97. The van der Waals surface area contributed by atoms with Crippen molar-refractivity contribution in [2.45, 2.75) is 32.7 Å². The molecule has 1 aliphatic heterocycles. The Bertz CT molecular complexity index is 1260. The third kappa shape index (κ3) is 2.88. The van der Waals surface area contributed by atoms with Gasteiger partial charge in [0, 0.05) is 35.1 Å². The van der Waals surface area contributed by atoms with Crippen LogP contribution in [-0.2, 0) is 19.4 Å². The van der Waals surface area contributed by atoms with Crippen molar-refractivity contribution in [2.75, 3.05) is 0 Å². The quantitative estimate of drug-likeness (QED) is 0.565. The largest absolute Gasteiger partial charge is 0.478 e. The normalized spacial score (nSPS) is 13.0. The second kappa shape index (κ2) is 6.81. The third-order valence-electron chi connectivity index (χ3n) is 5.51. The van der Waals surface area contributed by atoms with Crippen molar-refractivity contribution in [1.82, 2.24) is 19.7 Å². The average Bonchev–Trinajstić information content (AvgIpc) is 3.34. The molecular weight excluding hydrogens is 364 g/mol. The van der Waals surface area contributed by atoms with Crippen LogP contribution in [0.4, 0.5) is 0 Å². The first-order valence-electron chi connectivity index (χ1n) is 9.84. The Morgan fingerprint density at radius 3 is 2.93 bits per heavy atom. The fraction of sp³-hybridized carbons (Fsp3) is 0.217. The highest BCUT2D eigenvalue weighted by atomic mass is 16.4. The highest BCUT2D eigenvalue weighted by Crippen LogP contribution is 2.39. The molecule has 3 aromatic heterocycles. The lowest BCUT2D eigenvalue weighted by Gasteiger charge is -2.10. The van der Waals surface area contributed by atoms with Gasteiger partial charge in [0.2, 0.25) is 0 Å². The zero-order valence-corrected chi connectivity index (χ0v) is 16.1. The molecule has 0 fully saturated rings. The van der Waals surface area contributed by atoms with Gasteiger partial charge in [-0.1, -0.05) is 19.1 Å². The number of carboxylic acid groups (broad SMARTS) is 1. The fourth-order valence-electron chi connectivity index (χ4n) is 4.10. The molecule has 0 saturated carbocycles. The summed E-state index contributed by atoms with van der Waals surface area (Å²) in [6.45, 7) is 3.00. The van der Waals surface area contributed by atoms with E-state index in [0.717, 1.165) is 59.4 Å². The van der Waals surface area contributed by atoms with Crippen molar-refractivity contribution in [3.8, 4) is 22.5 Å². The van der Waals surface area contributed by atoms with Gasteiger partial charge >= 0.3 is 5.97 Å². The smallest absolute Gasteiger partial charge is 0.335 e. The van der Waals surface area contributed by atoms with E-state index in [-0.39, 0.29) is 5.56 Å². The van der Waals surface area contributed by atoms with Gasteiger partial charge in [0.25, 0.3) is 0 Å². The van der Waals surface area contributed by atoms with Crippen LogP contribution in [0.1, 0.15) is 35.1 Å². The molecule has 0 atom stereocenters. The van der Waals surface area contributed by atoms with Gasteiger partial charge in [-0.15, -0.1) is 0 Å². The lowest BCUT2D eigenvalue weighted by atomic mass is 9.96. The van der Waals surface area contributed by atoms with Gasteiger partial charge in [0.15, 0.2) is 0 Å². The van der Waals surface area contributed by atoms with Crippen molar-refractivity contribution >= 4 is 16.9 Å². The van der Waals surface area contributed by atoms with E-state index in [4.69, 9.17) is 10.1 Å². The number of hydrogen-bond acceptors (Lipinski definition) is 4. The van der Waals surface area contributed by atoms with E-state index in [1.54, 1.807) is 18.3 Å². The molecule has 0 amide bonds. The summed E-state index contributed by atoms with van der Waals surface area (Å²) in [6, 6.07) is 13.2. The topological polar surface area (TPSA) is 80.9 Å². The second-order valence-electron chi connectivity index (χ2n) is 7.26. The molecule has 6 nitrogen and oxygen atoms in total. The van der Waals surface area contributed by atoms with Crippen molar-refractivity contribution in [1.29, 1.82) is 0 Å². The van der Waals surface area contributed by atoms with E-state index >= 15 is 0 Å². The van der Waals surface area contributed by atoms with Gasteiger partial charge in [-0.05, 0) is 55.2 Å². The van der Waals surface area contributed by atoms with Crippen molar-refractivity contribution in [3.63, 3.8) is 0 Å². The van der Waals surface area contributed by atoms with E-state index in [0.29, 0.717) is 5.52 Å². The zero-order valence-electron chi connectivity index (χ0n) is 16.1. The van der Waals surface area contributed by atoms with Gasteiger partial charge in [-0.3, -0.25) is 14.6 Å². The minimum atomic E-state index is -0.952. The SMILES string of the molecule is CCc1cccc(-c2nn3c(c2-c2ccnc4cc(C(=O)O)ccc24)CCC3)n1. The number of carboxylic acids is 1. The molecule has 0 aliphatic carbocycles. The van der Waals surface area contributed by atoms with Crippen LogP contribution in [0.15, 0.2) is 48.7 Å². The monoisotopic (exact) mass is 384 g/mol. The Balaban J connectivity index is 1.77. The van der Waals surface area contributed by atoms with Gasteiger partial charge < -0.3 is 5.11 Å². The van der Waals surface area contributed by atoms with Gasteiger partial charge in [0.1, 0.15) is 5.69 Å². The molecule has 1 N–H and O–H groups in total. The molecular formula is C23H20N4O2. The number of carbonyl (C=O) groups is 1. The minimum Gasteiger partial charge on any atom is -0.478 e. The summed E-state index contributed by atoms with van der Waals surface area (Å²) in [5, 5.41) is 15.1. The van der Waals surface area contributed by atoms with E-state index in [2.05, 4.69) is 16.6 Å². The minimum absolute atomic E-state index is 0.236. The van der Waals surface area contributed by atoms with E-state index in [1.807, 2.05) is 30.3 Å². The third-order valence-corrected chi connectivity index (χ3v) is 5.51. The number of aromatic carboxylic acids is 1. The van der Waals surface area contributed by atoms with E-state index in [1.165, 1.54) is 5.69 Å². The van der Waals surface area contributed by atoms with Crippen LogP contribution >= 0.6 is 0 Å². The first-order chi connectivity index (χ1) is 14.2. The molecule has 29 heavy (non-hydrogen) atoms. The van der Waals surface area contributed by atoms with Crippen molar-refractivity contribution in [2.24, 2.45) is 0 Å². The number of fused-ring (bicyclic) bond motifs is 2. The van der Waals surface area contributed by atoms with Gasteiger partial charge in [-0.2, -0.15) is 5.10 Å². The average molecular weight is 384 g/mol. The fourth-order valence-corrected chi connectivity index (χ4v) is 4.10. The first-order valence-corrected chi connectivity index (χ1v) is 9.84. The highest BCUT2D eigenvalue weighted by molar-refractivity contribution is 6.01. The summed E-state index contributed by atoms with van der Waals surface area (Å²) in [5.74, 6) is -0.952. The van der Waals surface area contributed by atoms with Crippen LogP contribution in [-0.4, -0.2) is 30.8 Å². The Kier molecular flexibility index (Phi) is 4.12. The molecule has 0 saturated heterocycles. The molecule has 6 heteroatoms. The van der Waals surface area contributed by atoms with Crippen LogP contribution in [0.25, 0.3) is 33.4 Å². The summed E-state index contributed by atoms with van der Waals surface area (Å²) in [7, 11) is 0. The molecule has 0 spiro atoms. The predicted molar refractivity (Wildman–Crippen MR) is 111 cm³/mol. The standard InChI is InChI=1S/C23H20N4O2/c1-2-15-5-3-6-18(25-15)22-21(20-7-4-12-27(20)26-22)17-10-11-24-19-13-14(23(28)29)8-9-16(17)19/h3,5-6,8-11,13H,2,4,7,12H2,1H3,(H,28,29). The van der Waals surface area contributed by atoms with Crippen LogP contribution in [0.2, 0.25) is 0 Å². The second-order valence-corrected chi connectivity index (χ2v) is 7.26. The maximum Gasteiger partial charge on any atom is 0.335 e. The van der Waals surface area contributed by atoms with Crippen LogP contribution in [0.3, 0.4) is 0 Å². The van der Waals surface area contributed by atoms with E-state index < -0.39 is 5.97 Å². The molecule has 4 aromatic rings. The molecule has 144 valence electrons. The summed E-state index contributed by atoms with van der Waals surface area (Å²) < 4.78 is 2.09. The van der Waals surface area contributed by atoms with Gasteiger partial charge in [-0.25, -0.2) is 4.79 Å². The first kappa shape index (κ1) is 17.6. The lowest BCUT2D eigenvalue weighted by molar-refractivity contribution is 0.0697. The molecule has 0 radical (unpaired) electrons. The number of aryl methyl sites for hydroxylation is 2. The Labute approximate surface area is 167 Å². The van der Waals surface area contributed by atoms with Crippen LogP contribution in [0, 0.1) is 0 Å². The number of aromatic nitrogens is 4. The van der Waals surface area contributed by atoms with Crippen molar-refractivity contribution in [3.05, 3.63) is 65.6 Å². The number of nitrogens with zero attached hydrogens (tertiary/aromatic N) is 4. The maximum absolute atomic E-state index is 11.4. The Morgan fingerprint density at radius 1 is 1.21 bits per heavy atom. The predicted octanol–water partition coefficient (Wildman–Crippen LogP) is 4.37. The summed E-state index contributed by atoms with van der Waals surface area (Å²) in [5.41, 5.74) is 7.00. The Hall–Kier alpha value is -3.54. The maximum atomic E-state index is 11.4.